The summed E-state index contributed by atoms with van der Waals surface area (Å²) in [7, 11) is 0. The van der Waals surface area contributed by atoms with Gasteiger partial charge in [-0.1, -0.05) is 19.3 Å². The zero-order valence-corrected chi connectivity index (χ0v) is 13.6. The van der Waals surface area contributed by atoms with Crippen molar-refractivity contribution in [3.63, 3.8) is 0 Å². The number of piperidine rings is 1. The Morgan fingerprint density at radius 1 is 0.727 bits per heavy atom. The van der Waals surface area contributed by atoms with E-state index in [1.807, 2.05) is 0 Å². The van der Waals surface area contributed by atoms with Gasteiger partial charge in [-0.3, -0.25) is 16.0 Å². The molecule has 0 bridgehead atoms. The van der Waals surface area contributed by atoms with E-state index in [0.717, 1.165) is 42.3 Å². The Balaban J connectivity index is 1.33. The minimum Gasteiger partial charge on any atom is -0.316 e. The summed E-state index contributed by atoms with van der Waals surface area (Å²) < 4.78 is 0. The van der Waals surface area contributed by atoms with Crippen molar-refractivity contribution in [2.45, 2.75) is 69.7 Å². The van der Waals surface area contributed by atoms with E-state index in [1.54, 1.807) is 6.42 Å². The topological polar surface area (TPSA) is 62.1 Å². The molecular weight excluding hydrogens is 272 g/mol. The molecule has 2 saturated heterocycles. The third-order valence-corrected chi connectivity index (χ3v) is 7.95. The quantitative estimate of drug-likeness (QED) is 0.549. The van der Waals surface area contributed by atoms with E-state index in [0.29, 0.717) is 12.1 Å². The maximum Gasteiger partial charge on any atom is 0.0640 e. The van der Waals surface area contributed by atoms with Crippen LogP contribution in [0.1, 0.15) is 51.4 Å². The standard InChI is InChI=1S/C18H32N4/c19-17-15-7-12-6-11-5-10-3-1-2-4-13(10)14(11)8-16(12)22-18(15)21-9-20-17/h10-18,20-22H,1-9,19H2. The molecule has 22 heavy (non-hydrogen) atoms. The first-order valence-electron chi connectivity index (χ1n) is 9.78. The molecule has 3 saturated carbocycles. The van der Waals surface area contributed by atoms with Crippen LogP contribution in [-0.4, -0.2) is 25.0 Å². The number of rotatable bonds is 0. The van der Waals surface area contributed by atoms with Crippen LogP contribution >= 0.6 is 0 Å². The molecule has 0 aromatic heterocycles. The normalized spacial score (nSPS) is 57.4. The van der Waals surface area contributed by atoms with E-state index in [1.165, 1.54) is 44.9 Å². The molecule has 2 heterocycles. The van der Waals surface area contributed by atoms with Gasteiger partial charge in [-0.25, -0.2) is 0 Å². The van der Waals surface area contributed by atoms with Gasteiger partial charge in [0.2, 0.25) is 0 Å². The lowest BCUT2D eigenvalue weighted by Crippen LogP contribution is -2.70. The highest BCUT2D eigenvalue weighted by molar-refractivity contribution is 5.04. The van der Waals surface area contributed by atoms with Gasteiger partial charge in [-0.15, -0.1) is 0 Å². The average Bonchev–Trinajstić information content (AvgIpc) is 2.89. The lowest BCUT2D eigenvalue weighted by atomic mass is 9.65. The van der Waals surface area contributed by atoms with Crippen LogP contribution in [0.25, 0.3) is 0 Å². The Morgan fingerprint density at radius 3 is 2.55 bits per heavy atom. The van der Waals surface area contributed by atoms with Crippen molar-refractivity contribution in [3.8, 4) is 0 Å². The molecule has 5 fully saturated rings. The maximum absolute atomic E-state index is 6.32. The van der Waals surface area contributed by atoms with Crippen LogP contribution in [-0.2, 0) is 0 Å². The molecule has 0 radical (unpaired) electrons. The molecule has 5 rings (SSSR count). The predicted octanol–water partition coefficient (Wildman–Crippen LogP) is 1.58. The summed E-state index contributed by atoms with van der Waals surface area (Å²) in [6.07, 6.45) is 12.5. The highest BCUT2D eigenvalue weighted by atomic mass is 15.3. The van der Waals surface area contributed by atoms with Crippen molar-refractivity contribution >= 4 is 0 Å². The van der Waals surface area contributed by atoms with Crippen molar-refractivity contribution in [1.82, 2.24) is 16.0 Å². The van der Waals surface area contributed by atoms with Crippen molar-refractivity contribution < 1.29 is 0 Å². The Morgan fingerprint density at radius 2 is 1.59 bits per heavy atom. The molecule has 4 nitrogen and oxygen atoms in total. The summed E-state index contributed by atoms with van der Waals surface area (Å²) in [5.41, 5.74) is 6.32. The fourth-order valence-corrected chi connectivity index (χ4v) is 6.99. The molecule has 3 aliphatic carbocycles. The van der Waals surface area contributed by atoms with Crippen LogP contribution in [0.3, 0.4) is 0 Å². The Hall–Kier alpha value is -0.160. The Kier molecular flexibility index (Phi) is 3.51. The van der Waals surface area contributed by atoms with Crippen molar-refractivity contribution in [2.75, 3.05) is 6.67 Å². The molecule has 124 valence electrons. The second-order valence-corrected chi connectivity index (χ2v) is 8.86. The van der Waals surface area contributed by atoms with E-state index in [4.69, 9.17) is 5.73 Å². The molecule has 0 aromatic rings. The second-order valence-electron chi connectivity index (χ2n) is 8.86. The number of nitrogens with two attached hydrogens (primary N) is 1. The molecule has 2 aliphatic heterocycles. The van der Waals surface area contributed by atoms with Gasteiger partial charge in [-0.05, 0) is 61.7 Å². The third-order valence-electron chi connectivity index (χ3n) is 7.95. The largest absolute Gasteiger partial charge is 0.316 e. The lowest BCUT2D eigenvalue weighted by molar-refractivity contribution is 0.0230. The van der Waals surface area contributed by atoms with Gasteiger partial charge in [0.15, 0.2) is 0 Å². The molecule has 9 atom stereocenters. The van der Waals surface area contributed by atoms with Crippen molar-refractivity contribution in [2.24, 2.45) is 41.2 Å². The van der Waals surface area contributed by atoms with Crippen molar-refractivity contribution in [1.29, 1.82) is 0 Å². The summed E-state index contributed by atoms with van der Waals surface area (Å²) >= 11 is 0. The van der Waals surface area contributed by atoms with Crippen LogP contribution in [0.2, 0.25) is 0 Å². The minimum absolute atomic E-state index is 0.170. The van der Waals surface area contributed by atoms with Crippen molar-refractivity contribution in [3.05, 3.63) is 0 Å². The molecule has 0 spiro atoms. The van der Waals surface area contributed by atoms with Crippen LogP contribution in [0.15, 0.2) is 0 Å². The summed E-state index contributed by atoms with van der Waals surface area (Å²) in [4.78, 5) is 0. The molecule has 5 aliphatic rings. The molecule has 0 aromatic carbocycles. The van der Waals surface area contributed by atoms with Crippen LogP contribution in [0.5, 0.6) is 0 Å². The maximum atomic E-state index is 6.32. The van der Waals surface area contributed by atoms with Gasteiger partial charge in [0, 0.05) is 18.6 Å². The van der Waals surface area contributed by atoms with E-state index < -0.39 is 0 Å². The summed E-state index contributed by atoms with van der Waals surface area (Å²) in [5.74, 6) is 5.65. The number of hydrogen-bond donors (Lipinski definition) is 4. The van der Waals surface area contributed by atoms with E-state index in [9.17, 15) is 0 Å². The second kappa shape index (κ2) is 5.44. The molecule has 5 N–H and O–H groups in total. The minimum atomic E-state index is 0.170. The fraction of sp³-hybridized carbons (Fsp3) is 1.00. The molecule has 0 amide bonds. The molecular formula is C18H32N4. The highest BCUT2D eigenvalue weighted by Gasteiger charge is 2.51. The van der Waals surface area contributed by atoms with Gasteiger partial charge >= 0.3 is 0 Å². The van der Waals surface area contributed by atoms with Gasteiger partial charge in [0.05, 0.1) is 12.3 Å². The molecule has 9 unspecified atom stereocenters. The first-order chi connectivity index (χ1) is 10.8. The average molecular weight is 304 g/mol. The van der Waals surface area contributed by atoms with Crippen LogP contribution < -0.4 is 21.7 Å². The first kappa shape index (κ1) is 14.2. The fourth-order valence-electron chi connectivity index (χ4n) is 6.99. The number of fused-ring (bicyclic) bond motifs is 5. The van der Waals surface area contributed by atoms with E-state index in [2.05, 4.69) is 16.0 Å². The SMILES string of the molecule is NC1NCNC2NC3CC4C(CC3CC12)CC1CCCCC14. The zero-order chi connectivity index (χ0) is 14.7. The van der Waals surface area contributed by atoms with E-state index in [-0.39, 0.29) is 6.17 Å². The first-order valence-corrected chi connectivity index (χ1v) is 9.78. The summed E-state index contributed by atoms with van der Waals surface area (Å²) in [6.45, 7) is 0.851. The van der Waals surface area contributed by atoms with Crippen LogP contribution in [0.4, 0.5) is 0 Å². The van der Waals surface area contributed by atoms with E-state index >= 15 is 0 Å². The Labute approximate surface area is 134 Å². The highest BCUT2D eigenvalue weighted by Crippen LogP contribution is 2.56. The van der Waals surface area contributed by atoms with Gasteiger partial charge in [0.25, 0.3) is 0 Å². The monoisotopic (exact) mass is 304 g/mol. The summed E-state index contributed by atoms with van der Waals surface area (Å²) in [6, 6.07) is 0.751. The molecule has 4 heteroatoms. The van der Waals surface area contributed by atoms with Crippen LogP contribution in [0, 0.1) is 35.5 Å². The summed E-state index contributed by atoms with van der Waals surface area (Å²) in [5, 5.41) is 11.0. The van der Waals surface area contributed by atoms with Gasteiger partial charge in [0.1, 0.15) is 0 Å². The Bertz CT molecular complexity index is 427. The van der Waals surface area contributed by atoms with Gasteiger partial charge < -0.3 is 5.73 Å². The smallest absolute Gasteiger partial charge is 0.0640 e. The number of nitrogens with one attached hydrogen (secondary N) is 3. The van der Waals surface area contributed by atoms with Gasteiger partial charge in [-0.2, -0.15) is 0 Å². The third kappa shape index (κ3) is 2.18. The predicted molar refractivity (Wildman–Crippen MR) is 87.7 cm³/mol. The zero-order valence-electron chi connectivity index (χ0n) is 13.6. The number of hydrogen-bond acceptors (Lipinski definition) is 4. The lowest BCUT2D eigenvalue weighted by Gasteiger charge is -2.52.